The number of halogens is 2. The molecule has 2 rings (SSSR count). The molecule has 0 saturated carbocycles. The zero-order valence-corrected chi connectivity index (χ0v) is 13.3. The maximum atomic E-state index is 12.3. The number of aromatic hydroxyl groups is 1. The minimum absolute atomic E-state index is 0.0418. The van der Waals surface area contributed by atoms with Gasteiger partial charge in [0.15, 0.2) is 0 Å². The minimum atomic E-state index is -0.0593. The number of nitrogens with zero attached hydrogens (tertiary/aromatic N) is 1. The topological polar surface area (TPSA) is 49.8 Å². The number of phenolic OH excluding ortho intramolecular Hbond substituents is 1. The molecule has 4 nitrogen and oxygen atoms in total. The molecule has 0 aromatic heterocycles. The number of hydrogen-bond acceptors (Lipinski definition) is 3. The van der Waals surface area contributed by atoms with Crippen LogP contribution in [0.2, 0.25) is 0 Å². The Kier molecular flexibility index (Phi) is 4.85. The van der Waals surface area contributed by atoms with Gasteiger partial charge >= 0.3 is 0 Å². The van der Waals surface area contributed by atoms with Crippen LogP contribution >= 0.6 is 38.5 Å². The van der Waals surface area contributed by atoms with Crippen molar-refractivity contribution < 1.29 is 14.6 Å². The van der Waals surface area contributed by atoms with E-state index in [2.05, 4.69) is 15.9 Å². The second-order valence-corrected chi connectivity index (χ2v) is 5.87. The second kappa shape index (κ2) is 6.21. The van der Waals surface area contributed by atoms with E-state index in [1.165, 1.54) is 6.07 Å². The number of carbonyl (C=O) groups excluding carboxylic acids is 1. The molecule has 1 aromatic carbocycles. The smallest absolute Gasteiger partial charge is 0.254 e. The van der Waals surface area contributed by atoms with Gasteiger partial charge in [0.2, 0.25) is 0 Å². The first-order valence-corrected chi connectivity index (χ1v) is 7.77. The lowest BCUT2D eigenvalue weighted by Gasteiger charge is -2.32. The standard InChI is InChI=1S/C12H13BrINO3/c13-6-9-7-15(3-4-18-9)12(17)8-1-2-10(14)11(16)5-8/h1-2,5,9,16H,3-4,6-7H2. The predicted octanol–water partition coefficient (Wildman–Crippen LogP) is 2.23. The molecule has 0 radical (unpaired) electrons. The quantitative estimate of drug-likeness (QED) is 0.584. The fraction of sp³-hybridized carbons (Fsp3) is 0.417. The van der Waals surface area contributed by atoms with Crippen molar-refractivity contribution in [2.24, 2.45) is 0 Å². The fourth-order valence-electron chi connectivity index (χ4n) is 1.83. The SMILES string of the molecule is O=C(c1ccc(I)c(O)c1)N1CCOC(CBr)C1. The molecule has 1 unspecified atom stereocenters. The van der Waals surface area contributed by atoms with Crippen LogP contribution in [0.1, 0.15) is 10.4 Å². The number of benzene rings is 1. The lowest BCUT2D eigenvalue weighted by molar-refractivity contribution is -0.00965. The summed E-state index contributed by atoms with van der Waals surface area (Å²) in [6.07, 6.45) is 0.0418. The number of ether oxygens (including phenoxy) is 1. The van der Waals surface area contributed by atoms with Crippen LogP contribution in [0.3, 0.4) is 0 Å². The van der Waals surface area contributed by atoms with Crippen molar-refractivity contribution in [2.45, 2.75) is 6.10 Å². The number of hydrogen-bond donors (Lipinski definition) is 1. The van der Waals surface area contributed by atoms with Crippen molar-refractivity contribution in [3.05, 3.63) is 27.3 Å². The Morgan fingerprint density at radius 2 is 2.39 bits per heavy atom. The Hall–Kier alpha value is -0.340. The van der Waals surface area contributed by atoms with Crippen molar-refractivity contribution in [1.29, 1.82) is 0 Å². The molecule has 1 saturated heterocycles. The number of phenols is 1. The molecule has 1 heterocycles. The van der Waals surface area contributed by atoms with Crippen LogP contribution in [0.15, 0.2) is 18.2 Å². The second-order valence-electron chi connectivity index (χ2n) is 4.06. The molecule has 1 atom stereocenters. The van der Waals surface area contributed by atoms with Gasteiger partial charge in [0.1, 0.15) is 5.75 Å². The van der Waals surface area contributed by atoms with Crippen LogP contribution < -0.4 is 0 Å². The highest BCUT2D eigenvalue weighted by atomic mass is 127. The van der Waals surface area contributed by atoms with E-state index >= 15 is 0 Å². The van der Waals surface area contributed by atoms with E-state index in [0.717, 1.165) is 3.57 Å². The molecule has 0 spiro atoms. The minimum Gasteiger partial charge on any atom is -0.507 e. The van der Waals surface area contributed by atoms with Crippen LogP contribution in [0.25, 0.3) is 0 Å². The maximum absolute atomic E-state index is 12.3. The summed E-state index contributed by atoms with van der Waals surface area (Å²) in [5.74, 6) is 0.0858. The molecule has 18 heavy (non-hydrogen) atoms. The van der Waals surface area contributed by atoms with Crippen LogP contribution in [0.4, 0.5) is 0 Å². The van der Waals surface area contributed by atoms with Crippen LogP contribution in [-0.2, 0) is 4.74 Å². The fourth-order valence-corrected chi connectivity index (χ4v) is 2.55. The van der Waals surface area contributed by atoms with Gasteiger partial charge in [0, 0.05) is 24.0 Å². The molecule has 0 bridgehead atoms. The van der Waals surface area contributed by atoms with E-state index in [-0.39, 0.29) is 17.8 Å². The third kappa shape index (κ3) is 3.16. The predicted molar refractivity (Wildman–Crippen MR) is 80.3 cm³/mol. The summed E-state index contributed by atoms with van der Waals surface area (Å²) in [4.78, 5) is 14.0. The molecule has 1 aliphatic rings. The van der Waals surface area contributed by atoms with E-state index in [1.54, 1.807) is 17.0 Å². The average molecular weight is 426 g/mol. The van der Waals surface area contributed by atoms with Crippen molar-refractivity contribution in [1.82, 2.24) is 4.90 Å². The Balaban J connectivity index is 2.12. The Morgan fingerprint density at radius 3 is 3.06 bits per heavy atom. The average Bonchev–Trinajstić information content (AvgIpc) is 2.41. The van der Waals surface area contributed by atoms with Crippen molar-refractivity contribution in [3.63, 3.8) is 0 Å². The summed E-state index contributed by atoms with van der Waals surface area (Å²) in [6, 6.07) is 5.00. The van der Waals surface area contributed by atoms with Gasteiger partial charge in [-0.1, -0.05) is 15.9 Å². The van der Waals surface area contributed by atoms with Crippen molar-refractivity contribution >= 4 is 44.4 Å². The third-order valence-corrected chi connectivity index (χ3v) is 4.43. The lowest BCUT2D eigenvalue weighted by atomic mass is 10.1. The molecule has 0 aliphatic carbocycles. The molecule has 1 amide bonds. The molecule has 98 valence electrons. The van der Waals surface area contributed by atoms with Gasteiger partial charge in [-0.05, 0) is 40.8 Å². The van der Waals surface area contributed by atoms with E-state index in [0.29, 0.717) is 30.6 Å². The Bertz CT molecular complexity index is 455. The molecular formula is C12H13BrINO3. The maximum Gasteiger partial charge on any atom is 0.254 e. The molecular weight excluding hydrogens is 413 g/mol. The van der Waals surface area contributed by atoms with E-state index < -0.39 is 0 Å². The van der Waals surface area contributed by atoms with Gasteiger partial charge in [-0.25, -0.2) is 0 Å². The molecule has 1 fully saturated rings. The number of carbonyl (C=O) groups is 1. The highest BCUT2D eigenvalue weighted by Crippen LogP contribution is 2.22. The number of morpholine rings is 1. The zero-order valence-electron chi connectivity index (χ0n) is 9.60. The zero-order chi connectivity index (χ0) is 13.1. The van der Waals surface area contributed by atoms with Gasteiger partial charge < -0.3 is 14.7 Å². The van der Waals surface area contributed by atoms with Gasteiger partial charge in [0.05, 0.1) is 16.3 Å². The van der Waals surface area contributed by atoms with Crippen LogP contribution in [0, 0.1) is 3.57 Å². The normalized spacial score (nSPS) is 19.9. The Labute approximate surface area is 128 Å². The molecule has 6 heteroatoms. The van der Waals surface area contributed by atoms with Crippen molar-refractivity contribution in [2.75, 3.05) is 25.0 Å². The summed E-state index contributed by atoms with van der Waals surface area (Å²) in [5, 5.41) is 10.4. The van der Waals surface area contributed by atoms with Crippen molar-refractivity contribution in [3.8, 4) is 5.75 Å². The first kappa shape index (κ1) is 14.1. The lowest BCUT2D eigenvalue weighted by Crippen LogP contribution is -2.46. The van der Waals surface area contributed by atoms with Crippen LogP contribution in [-0.4, -0.2) is 47.0 Å². The number of alkyl halides is 1. The monoisotopic (exact) mass is 425 g/mol. The van der Waals surface area contributed by atoms with Gasteiger partial charge in [-0.2, -0.15) is 0 Å². The van der Waals surface area contributed by atoms with Gasteiger partial charge in [0.25, 0.3) is 5.91 Å². The Morgan fingerprint density at radius 1 is 1.61 bits per heavy atom. The van der Waals surface area contributed by atoms with Crippen LogP contribution in [0.5, 0.6) is 5.75 Å². The number of rotatable bonds is 2. The highest BCUT2D eigenvalue weighted by Gasteiger charge is 2.24. The largest absolute Gasteiger partial charge is 0.507 e. The molecule has 1 N–H and O–H groups in total. The van der Waals surface area contributed by atoms with Gasteiger partial charge in [-0.15, -0.1) is 0 Å². The van der Waals surface area contributed by atoms with E-state index in [1.807, 2.05) is 22.6 Å². The van der Waals surface area contributed by atoms with E-state index in [9.17, 15) is 9.90 Å². The van der Waals surface area contributed by atoms with Gasteiger partial charge in [-0.3, -0.25) is 4.79 Å². The summed E-state index contributed by atoms with van der Waals surface area (Å²) in [6.45, 7) is 1.73. The first-order chi connectivity index (χ1) is 8.61. The molecule has 1 aliphatic heterocycles. The molecule has 1 aromatic rings. The summed E-state index contributed by atoms with van der Waals surface area (Å²) >= 11 is 5.39. The first-order valence-electron chi connectivity index (χ1n) is 5.57. The number of amides is 1. The summed E-state index contributed by atoms with van der Waals surface area (Å²) in [7, 11) is 0. The summed E-state index contributed by atoms with van der Waals surface area (Å²) < 4.78 is 6.24. The van der Waals surface area contributed by atoms with E-state index in [4.69, 9.17) is 4.74 Å². The summed E-state index contributed by atoms with van der Waals surface area (Å²) in [5.41, 5.74) is 0.517. The third-order valence-electron chi connectivity index (χ3n) is 2.79. The highest BCUT2D eigenvalue weighted by molar-refractivity contribution is 14.1.